The Morgan fingerprint density at radius 2 is 1.93 bits per heavy atom. The smallest absolute Gasteiger partial charge is 0.0564 e. The van der Waals surface area contributed by atoms with E-state index in [1.807, 2.05) is 12.4 Å². The van der Waals surface area contributed by atoms with Gasteiger partial charge in [0, 0.05) is 23.8 Å². The Morgan fingerprint density at radius 1 is 1.20 bits per heavy atom. The van der Waals surface area contributed by atoms with E-state index < -0.39 is 0 Å². The summed E-state index contributed by atoms with van der Waals surface area (Å²) in [7, 11) is 0. The van der Waals surface area contributed by atoms with Crippen LogP contribution < -0.4 is 10.2 Å². The first-order valence-electron chi connectivity index (χ1n) is 5.42. The summed E-state index contributed by atoms with van der Waals surface area (Å²) in [6.07, 6.45) is 6.17. The molecule has 2 rings (SSSR count). The van der Waals surface area contributed by atoms with Crippen molar-refractivity contribution in [3.63, 3.8) is 0 Å². The van der Waals surface area contributed by atoms with Crippen LogP contribution in [0.15, 0.2) is 22.9 Å². The van der Waals surface area contributed by atoms with Crippen molar-refractivity contribution in [2.45, 2.75) is 12.8 Å². The van der Waals surface area contributed by atoms with Crippen molar-refractivity contribution >= 4 is 21.6 Å². The number of nitrogens with one attached hydrogen (secondary N) is 1. The molecule has 1 aliphatic rings. The molecule has 0 amide bonds. The lowest BCUT2D eigenvalue weighted by Gasteiger charge is -2.26. The minimum Gasteiger partial charge on any atom is -0.370 e. The Morgan fingerprint density at radius 3 is 2.60 bits per heavy atom. The molecule has 0 aromatic carbocycles. The van der Waals surface area contributed by atoms with Crippen molar-refractivity contribution < 1.29 is 0 Å². The Labute approximate surface area is 99.0 Å². The maximum atomic E-state index is 4.21. The molecule has 0 unspecified atom stereocenters. The fourth-order valence-corrected chi connectivity index (χ4v) is 2.21. The summed E-state index contributed by atoms with van der Waals surface area (Å²) in [6.45, 7) is 4.48. The van der Waals surface area contributed by atoms with Crippen LogP contribution in [0.25, 0.3) is 0 Å². The summed E-state index contributed by atoms with van der Waals surface area (Å²) in [5.74, 6) is 0. The zero-order valence-electron chi connectivity index (χ0n) is 8.75. The molecule has 15 heavy (non-hydrogen) atoms. The predicted molar refractivity (Wildman–Crippen MR) is 66.3 cm³/mol. The lowest BCUT2D eigenvalue weighted by molar-refractivity contribution is 0.567. The zero-order chi connectivity index (χ0) is 10.5. The Kier molecular flexibility index (Phi) is 3.97. The van der Waals surface area contributed by atoms with Gasteiger partial charge in [-0.25, -0.2) is 0 Å². The van der Waals surface area contributed by atoms with E-state index in [0.29, 0.717) is 0 Å². The summed E-state index contributed by atoms with van der Waals surface area (Å²) in [6, 6.07) is 2.14. The van der Waals surface area contributed by atoms with Crippen molar-refractivity contribution in [3.05, 3.63) is 22.9 Å². The van der Waals surface area contributed by atoms with Crippen molar-refractivity contribution in [2.24, 2.45) is 0 Å². The Hall–Kier alpha value is -0.610. The topological polar surface area (TPSA) is 28.2 Å². The van der Waals surface area contributed by atoms with E-state index in [9.17, 15) is 0 Å². The summed E-state index contributed by atoms with van der Waals surface area (Å²) in [4.78, 5) is 6.62. The second-order valence-corrected chi connectivity index (χ2v) is 4.72. The van der Waals surface area contributed by atoms with Crippen LogP contribution in [0.2, 0.25) is 0 Å². The average molecular weight is 270 g/mol. The Balaban J connectivity index is 2.06. The van der Waals surface area contributed by atoms with Gasteiger partial charge >= 0.3 is 0 Å². The maximum absolute atomic E-state index is 4.21. The largest absolute Gasteiger partial charge is 0.370 e. The number of anilines is 1. The van der Waals surface area contributed by atoms with Crippen LogP contribution in [0.4, 0.5) is 5.69 Å². The number of hydrogen-bond acceptors (Lipinski definition) is 3. The molecule has 1 aromatic rings. The molecule has 1 N–H and O–H groups in total. The summed E-state index contributed by atoms with van der Waals surface area (Å²) in [5, 5.41) is 3.42. The van der Waals surface area contributed by atoms with Gasteiger partial charge in [0.05, 0.1) is 11.9 Å². The highest BCUT2D eigenvalue weighted by Crippen LogP contribution is 2.19. The van der Waals surface area contributed by atoms with E-state index in [4.69, 9.17) is 0 Å². The standard InChI is InChI=1S/C11H16BrN3/c12-10-7-11(9-14-8-10)15-5-1-3-13-4-2-6-15/h7-9,13H,1-6H2. The van der Waals surface area contributed by atoms with E-state index in [2.05, 4.69) is 37.2 Å². The molecule has 0 saturated carbocycles. The van der Waals surface area contributed by atoms with E-state index in [-0.39, 0.29) is 0 Å². The molecule has 3 nitrogen and oxygen atoms in total. The van der Waals surface area contributed by atoms with Gasteiger partial charge in [-0.1, -0.05) is 0 Å². The van der Waals surface area contributed by atoms with Gasteiger partial charge in [-0.15, -0.1) is 0 Å². The van der Waals surface area contributed by atoms with Gasteiger partial charge in [-0.2, -0.15) is 0 Å². The zero-order valence-corrected chi connectivity index (χ0v) is 10.3. The van der Waals surface area contributed by atoms with Crippen LogP contribution in [0, 0.1) is 0 Å². The molecule has 0 bridgehead atoms. The molecule has 1 aliphatic heterocycles. The number of pyridine rings is 1. The van der Waals surface area contributed by atoms with Gasteiger partial charge in [0.1, 0.15) is 0 Å². The van der Waals surface area contributed by atoms with E-state index in [1.165, 1.54) is 18.5 Å². The minimum absolute atomic E-state index is 1.06. The van der Waals surface area contributed by atoms with Crippen LogP contribution in [0.1, 0.15) is 12.8 Å². The molecular formula is C11H16BrN3. The highest BCUT2D eigenvalue weighted by Gasteiger charge is 2.08. The van der Waals surface area contributed by atoms with Crippen LogP contribution in [-0.2, 0) is 0 Å². The summed E-state index contributed by atoms with van der Waals surface area (Å²) >= 11 is 3.46. The van der Waals surface area contributed by atoms with Crippen LogP contribution in [0.5, 0.6) is 0 Å². The molecule has 2 heterocycles. The second kappa shape index (κ2) is 5.47. The first kappa shape index (κ1) is 10.9. The molecule has 0 aliphatic carbocycles. The highest BCUT2D eigenvalue weighted by atomic mass is 79.9. The van der Waals surface area contributed by atoms with Gasteiger partial charge in [0.25, 0.3) is 0 Å². The van der Waals surface area contributed by atoms with E-state index >= 15 is 0 Å². The number of aromatic nitrogens is 1. The number of halogens is 1. The summed E-state index contributed by atoms with van der Waals surface area (Å²) in [5.41, 5.74) is 1.23. The van der Waals surface area contributed by atoms with Gasteiger partial charge in [-0.3, -0.25) is 4.98 Å². The lowest BCUT2D eigenvalue weighted by atomic mass is 10.2. The maximum Gasteiger partial charge on any atom is 0.0564 e. The first-order valence-corrected chi connectivity index (χ1v) is 6.22. The van der Waals surface area contributed by atoms with Gasteiger partial charge in [0.15, 0.2) is 0 Å². The molecule has 1 fully saturated rings. The molecule has 1 aromatic heterocycles. The SMILES string of the molecule is Brc1cncc(N2CCCNCCC2)c1. The molecular weight excluding hydrogens is 254 g/mol. The van der Waals surface area contributed by atoms with Gasteiger partial charge in [-0.05, 0) is 47.9 Å². The predicted octanol–water partition coefficient (Wildman–Crippen LogP) is 2.03. The van der Waals surface area contributed by atoms with Gasteiger partial charge in [0.2, 0.25) is 0 Å². The van der Waals surface area contributed by atoms with Crippen LogP contribution in [-0.4, -0.2) is 31.2 Å². The van der Waals surface area contributed by atoms with Crippen molar-refractivity contribution in [2.75, 3.05) is 31.1 Å². The third-order valence-corrected chi connectivity index (χ3v) is 3.05. The Bertz CT molecular complexity index is 308. The third kappa shape index (κ3) is 3.18. The molecule has 0 spiro atoms. The normalized spacial score (nSPS) is 18.3. The molecule has 0 atom stereocenters. The molecule has 4 heteroatoms. The van der Waals surface area contributed by atoms with Crippen LogP contribution >= 0.6 is 15.9 Å². The molecule has 1 saturated heterocycles. The van der Waals surface area contributed by atoms with Crippen molar-refractivity contribution in [3.8, 4) is 0 Å². The number of rotatable bonds is 1. The highest BCUT2D eigenvalue weighted by molar-refractivity contribution is 9.10. The number of hydrogen-bond donors (Lipinski definition) is 1. The van der Waals surface area contributed by atoms with Crippen molar-refractivity contribution in [1.29, 1.82) is 0 Å². The quantitative estimate of drug-likeness (QED) is 0.846. The van der Waals surface area contributed by atoms with Crippen LogP contribution in [0.3, 0.4) is 0 Å². The molecule has 82 valence electrons. The third-order valence-electron chi connectivity index (χ3n) is 2.62. The van der Waals surface area contributed by atoms with E-state index in [1.54, 1.807) is 0 Å². The lowest BCUT2D eigenvalue weighted by Crippen LogP contribution is -2.33. The average Bonchev–Trinajstić information content (AvgIpc) is 2.16. The number of nitrogens with zero attached hydrogens (tertiary/aromatic N) is 2. The molecule has 0 radical (unpaired) electrons. The fraction of sp³-hybridized carbons (Fsp3) is 0.545. The monoisotopic (exact) mass is 269 g/mol. The minimum atomic E-state index is 1.06. The van der Waals surface area contributed by atoms with E-state index in [0.717, 1.165) is 30.7 Å². The first-order chi connectivity index (χ1) is 7.36. The fourth-order valence-electron chi connectivity index (χ4n) is 1.86. The van der Waals surface area contributed by atoms with Crippen molar-refractivity contribution in [1.82, 2.24) is 10.3 Å². The second-order valence-electron chi connectivity index (χ2n) is 3.81. The van der Waals surface area contributed by atoms with Gasteiger partial charge < -0.3 is 10.2 Å². The summed E-state index contributed by atoms with van der Waals surface area (Å²) < 4.78 is 1.06.